The Hall–Kier alpha value is -1.96. The van der Waals surface area contributed by atoms with Crippen LogP contribution in [0.15, 0.2) is 12.7 Å². The molecule has 0 spiro atoms. The summed E-state index contributed by atoms with van der Waals surface area (Å²) < 4.78 is 62.1. The Morgan fingerprint density at radius 2 is 1.73 bits per heavy atom. The lowest BCUT2D eigenvalue weighted by Crippen LogP contribution is -2.46. The highest BCUT2D eigenvalue weighted by atomic mass is 79.9. The monoisotopic (exact) mass is 943 g/mol. The van der Waals surface area contributed by atoms with Crippen molar-refractivity contribution >= 4 is 85.1 Å². The average Bonchev–Trinajstić information content (AvgIpc) is 3.62. The molecule has 318 valence electrons. The zero-order valence-corrected chi connectivity index (χ0v) is 35.6. The maximum atomic E-state index is 12.7. The number of nitrogens with two attached hydrogens (primary N) is 1. The van der Waals surface area contributed by atoms with Crippen LogP contribution < -0.4 is 16.4 Å². The molecule has 2 amide bonds. The van der Waals surface area contributed by atoms with E-state index in [2.05, 4.69) is 50.3 Å². The van der Waals surface area contributed by atoms with Crippen LogP contribution >= 0.6 is 51.2 Å². The highest BCUT2D eigenvalue weighted by molar-refractivity contribution is 9.10. The molecule has 1 aliphatic heterocycles. The highest BCUT2D eigenvalue weighted by Gasteiger charge is 2.50. The van der Waals surface area contributed by atoms with Gasteiger partial charge in [-0.3, -0.25) is 32.5 Å². The van der Waals surface area contributed by atoms with Crippen molar-refractivity contribution in [3.8, 4) is 0 Å². The molecule has 0 bridgehead atoms. The normalized spacial score (nSPS) is 22.9. The standard InChI is InChI=1S/C27H45BrN7O17P3S/c1-13(2)8-15(28)26(40)56-14(3)34-17(36)6-7-30-24(39)21(38)27(4,5)10-49-55(46,47)52-54(44,45)48-9-16-20(51-53(41,42)43)19(37)25(50-16)35-12-33-18-22(29)31-11-32-23(18)35/h11-16,19-21,25,37-38H,6-10H2,1-5H3,(H,30,39)(H,34,36)(H,44,45)(H,46,47)(H2,29,31,32)(H2,41,42,43)/t14-,15?,16+,19+,20+,21?,25+/m0/s1. The minimum atomic E-state index is -5.58. The number of hydrogen-bond acceptors (Lipinski definition) is 18. The number of nitrogens with one attached hydrogen (secondary N) is 2. The first-order chi connectivity index (χ1) is 25.7. The van der Waals surface area contributed by atoms with Crippen molar-refractivity contribution in [1.82, 2.24) is 30.2 Å². The van der Waals surface area contributed by atoms with Gasteiger partial charge >= 0.3 is 23.5 Å². The van der Waals surface area contributed by atoms with Gasteiger partial charge in [0.1, 0.15) is 36.3 Å². The third kappa shape index (κ3) is 14.4. The minimum absolute atomic E-state index is 0.0288. The summed E-state index contributed by atoms with van der Waals surface area (Å²) in [4.78, 5) is 87.8. The van der Waals surface area contributed by atoms with E-state index in [1.165, 1.54) is 13.8 Å². The number of carbonyl (C=O) groups excluding carboxylic acids is 3. The number of ether oxygens (including phenoxy) is 1. The first kappa shape index (κ1) is 48.4. The number of aliphatic hydroxyl groups excluding tert-OH is 2. The van der Waals surface area contributed by atoms with E-state index in [1.54, 1.807) is 6.92 Å². The quantitative estimate of drug-likeness (QED) is 0.0475. The first-order valence-electron chi connectivity index (χ1n) is 16.5. The lowest BCUT2D eigenvalue weighted by atomic mass is 9.87. The number of phosphoric ester groups is 3. The number of alkyl halides is 1. The molecule has 1 saturated heterocycles. The van der Waals surface area contributed by atoms with Crippen LogP contribution in [0.3, 0.4) is 0 Å². The molecule has 0 aliphatic carbocycles. The molecule has 29 heteroatoms. The van der Waals surface area contributed by atoms with Crippen molar-refractivity contribution < 1.29 is 80.5 Å². The van der Waals surface area contributed by atoms with Crippen molar-refractivity contribution in [1.29, 1.82) is 0 Å². The van der Waals surface area contributed by atoms with Crippen molar-refractivity contribution in [3.63, 3.8) is 0 Å². The summed E-state index contributed by atoms with van der Waals surface area (Å²) in [6, 6.07) is 0. The van der Waals surface area contributed by atoms with Crippen LogP contribution in [0.1, 0.15) is 53.7 Å². The summed E-state index contributed by atoms with van der Waals surface area (Å²) in [7, 11) is -16.4. The Balaban J connectivity index is 1.52. The number of fused-ring (bicyclic) bond motifs is 1. The van der Waals surface area contributed by atoms with Gasteiger partial charge in [-0.25, -0.2) is 28.6 Å². The summed E-state index contributed by atoms with van der Waals surface area (Å²) in [5.74, 6) is -1.24. The largest absolute Gasteiger partial charge is 0.481 e. The number of anilines is 1. The van der Waals surface area contributed by atoms with Gasteiger partial charge in [0, 0.05) is 18.4 Å². The predicted molar refractivity (Wildman–Crippen MR) is 199 cm³/mol. The van der Waals surface area contributed by atoms with Crippen molar-refractivity contribution in [3.05, 3.63) is 12.7 Å². The molecule has 9 atom stereocenters. The number of hydrogen-bond donors (Lipinski definition) is 9. The SMILES string of the molecule is CC(C)CC(Br)C(=O)S[C@@H](C)NC(=O)CCNC(=O)C(O)C(C)(C)COP(=O)(O)OP(=O)(O)OC[C@H]1O[C@@H](n2cnc3c(N)ncnc32)[C@H](O)[C@@H]1OP(=O)(O)O. The van der Waals surface area contributed by atoms with E-state index in [4.69, 9.17) is 19.5 Å². The number of phosphoric acid groups is 3. The average molecular weight is 945 g/mol. The molecule has 56 heavy (non-hydrogen) atoms. The Kier molecular flexibility index (Phi) is 17.2. The fraction of sp³-hybridized carbons (Fsp3) is 0.704. The molecule has 1 fully saturated rings. The summed E-state index contributed by atoms with van der Waals surface area (Å²) in [6.07, 6.45) is -6.37. The summed E-state index contributed by atoms with van der Waals surface area (Å²) >= 11 is 4.27. The highest BCUT2D eigenvalue weighted by Crippen LogP contribution is 2.61. The Bertz CT molecular complexity index is 1850. The van der Waals surface area contributed by atoms with E-state index in [1.807, 2.05) is 13.8 Å². The van der Waals surface area contributed by atoms with Crippen LogP contribution in [0.4, 0.5) is 5.82 Å². The molecular formula is C27H45BrN7O17P3S. The van der Waals surface area contributed by atoms with E-state index < -0.39 is 89.9 Å². The van der Waals surface area contributed by atoms with E-state index in [0.717, 1.165) is 29.0 Å². The van der Waals surface area contributed by atoms with E-state index >= 15 is 0 Å². The second-order valence-electron chi connectivity index (χ2n) is 13.5. The minimum Gasteiger partial charge on any atom is -0.386 e. The maximum absolute atomic E-state index is 12.7. The first-order valence-corrected chi connectivity index (χ1v) is 22.8. The third-order valence-corrected chi connectivity index (χ3v) is 12.8. The van der Waals surface area contributed by atoms with Gasteiger partial charge in [-0.1, -0.05) is 55.4 Å². The second kappa shape index (κ2) is 19.9. The number of nitrogen functional groups attached to an aromatic ring is 1. The maximum Gasteiger partial charge on any atom is 0.481 e. The van der Waals surface area contributed by atoms with Crippen molar-refractivity contribution in [2.75, 3.05) is 25.5 Å². The fourth-order valence-corrected chi connectivity index (χ4v) is 9.62. The number of amides is 2. The number of rotatable bonds is 21. The van der Waals surface area contributed by atoms with Gasteiger partial charge in [-0.05, 0) is 19.3 Å². The summed E-state index contributed by atoms with van der Waals surface area (Å²) in [6.45, 7) is 5.79. The topological polar surface area (TPSA) is 364 Å². The number of aliphatic hydroxyl groups is 2. The fourth-order valence-electron chi connectivity index (χ4n) is 4.94. The molecule has 24 nitrogen and oxygen atoms in total. The predicted octanol–water partition coefficient (Wildman–Crippen LogP) is 0.820. The van der Waals surface area contributed by atoms with Gasteiger partial charge in [0.05, 0.1) is 29.7 Å². The van der Waals surface area contributed by atoms with Gasteiger partial charge in [0.2, 0.25) is 16.9 Å². The molecule has 3 heterocycles. The van der Waals surface area contributed by atoms with Crippen molar-refractivity contribution in [2.45, 2.75) is 88.3 Å². The van der Waals surface area contributed by atoms with Crippen LogP contribution in [-0.2, 0) is 50.7 Å². The van der Waals surface area contributed by atoms with Crippen LogP contribution in [0.2, 0.25) is 0 Å². The molecule has 3 rings (SSSR count). The molecule has 10 N–H and O–H groups in total. The van der Waals surface area contributed by atoms with Gasteiger partial charge in [-0.2, -0.15) is 4.31 Å². The van der Waals surface area contributed by atoms with Gasteiger partial charge < -0.3 is 50.9 Å². The van der Waals surface area contributed by atoms with Crippen LogP contribution in [0.25, 0.3) is 11.2 Å². The molecular weight excluding hydrogens is 899 g/mol. The van der Waals surface area contributed by atoms with Crippen LogP contribution in [0.5, 0.6) is 0 Å². The Labute approximate surface area is 332 Å². The summed E-state index contributed by atoms with van der Waals surface area (Å²) in [5.41, 5.74) is 4.25. The second-order valence-corrected chi connectivity index (χ2v) is 20.1. The van der Waals surface area contributed by atoms with Crippen molar-refractivity contribution in [2.24, 2.45) is 11.3 Å². The molecule has 2 aromatic heterocycles. The van der Waals surface area contributed by atoms with E-state index in [9.17, 15) is 57.9 Å². The lowest BCUT2D eigenvalue weighted by molar-refractivity contribution is -0.137. The van der Waals surface area contributed by atoms with E-state index in [-0.39, 0.29) is 45.8 Å². The smallest absolute Gasteiger partial charge is 0.386 e. The Morgan fingerprint density at radius 3 is 2.36 bits per heavy atom. The number of carbonyl (C=O) groups is 3. The summed E-state index contributed by atoms with van der Waals surface area (Å²) in [5, 5.41) is 25.7. The Morgan fingerprint density at radius 1 is 1.09 bits per heavy atom. The number of nitrogens with zero attached hydrogens (tertiary/aromatic N) is 4. The van der Waals surface area contributed by atoms with Gasteiger partial charge in [0.15, 0.2) is 17.7 Å². The number of halogens is 1. The number of imidazole rings is 1. The number of aromatic nitrogens is 4. The van der Waals surface area contributed by atoms with E-state index in [0.29, 0.717) is 6.42 Å². The molecule has 4 unspecified atom stereocenters. The van der Waals surface area contributed by atoms with Crippen LogP contribution in [-0.4, -0.2) is 121 Å². The molecule has 1 aliphatic rings. The third-order valence-electron chi connectivity index (χ3n) is 7.67. The molecule has 2 aromatic rings. The zero-order valence-electron chi connectivity index (χ0n) is 30.5. The van der Waals surface area contributed by atoms with Crippen LogP contribution in [0, 0.1) is 11.3 Å². The number of thioether (sulfide) groups is 1. The van der Waals surface area contributed by atoms with Gasteiger partial charge in [0.25, 0.3) is 0 Å². The zero-order chi connectivity index (χ0) is 42.4. The molecule has 0 aromatic carbocycles. The van der Waals surface area contributed by atoms with Gasteiger partial charge in [-0.15, -0.1) is 0 Å². The molecule has 0 saturated carbocycles. The molecule has 0 radical (unpaired) electrons. The lowest BCUT2D eigenvalue weighted by Gasteiger charge is -2.30.